The molecule has 1 aromatic rings. The molecule has 2 aliphatic rings. The number of aliphatic carboxylic acids is 1. The standard InChI is InChI=1S/C26H40N8O7/c1-14(2)9-18(25(39)34-8-4-6-20(34)26(40)41)32-22(36)17(10-15-12-29-13-30-15)31-23(37)19-5-3-7-33(19)24(38)16(27)11-21(28)35/h12-14,16-20H,3-11,27H2,1-2H3,(H2,28,35)(H,29,30)(H,31,37)(H,32,36)(H,40,41)/t16-,17-,18-,19-,20-/m0/s1. The molecule has 8 N–H and O–H groups in total. The van der Waals surface area contributed by atoms with Gasteiger partial charge in [-0.25, -0.2) is 9.78 Å². The Balaban J connectivity index is 1.78. The van der Waals surface area contributed by atoms with E-state index in [2.05, 4.69) is 20.6 Å². The molecular formula is C26H40N8O7. The summed E-state index contributed by atoms with van der Waals surface area (Å²) in [6.07, 6.45) is 4.62. The molecule has 2 fully saturated rings. The summed E-state index contributed by atoms with van der Waals surface area (Å²) in [6, 6.07) is -5.21. The summed E-state index contributed by atoms with van der Waals surface area (Å²) in [5.41, 5.74) is 11.5. The van der Waals surface area contributed by atoms with E-state index in [0.29, 0.717) is 31.4 Å². The molecule has 0 aromatic carbocycles. The quantitative estimate of drug-likeness (QED) is 0.156. The van der Waals surface area contributed by atoms with E-state index in [-0.39, 0.29) is 38.3 Å². The largest absolute Gasteiger partial charge is 0.480 e. The molecule has 41 heavy (non-hydrogen) atoms. The minimum Gasteiger partial charge on any atom is -0.480 e. The minimum atomic E-state index is -1.19. The number of aromatic amines is 1. The van der Waals surface area contributed by atoms with Crippen molar-refractivity contribution in [2.24, 2.45) is 17.4 Å². The predicted octanol–water partition coefficient (Wildman–Crippen LogP) is -1.76. The number of rotatable bonds is 13. The van der Waals surface area contributed by atoms with E-state index < -0.39 is 65.7 Å². The summed E-state index contributed by atoms with van der Waals surface area (Å²) in [6.45, 7) is 4.29. The zero-order valence-electron chi connectivity index (χ0n) is 23.4. The third-order valence-corrected chi connectivity index (χ3v) is 7.32. The second kappa shape index (κ2) is 14.1. The molecule has 3 heterocycles. The van der Waals surface area contributed by atoms with Crippen molar-refractivity contribution in [3.05, 3.63) is 18.2 Å². The number of amides is 5. The fraction of sp³-hybridized carbons (Fsp3) is 0.654. The second-order valence-electron chi connectivity index (χ2n) is 11.0. The number of carboxylic acids is 1. The van der Waals surface area contributed by atoms with Gasteiger partial charge in [-0.1, -0.05) is 13.8 Å². The van der Waals surface area contributed by atoms with Crippen molar-refractivity contribution in [2.45, 2.75) is 89.0 Å². The van der Waals surface area contributed by atoms with Gasteiger partial charge in [0, 0.05) is 25.7 Å². The van der Waals surface area contributed by atoms with Crippen molar-refractivity contribution in [1.82, 2.24) is 30.4 Å². The van der Waals surface area contributed by atoms with Gasteiger partial charge in [0.1, 0.15) is 24.2 Å². The van der Waals surface area contributed by atoms with Crippen LogP contribution in [0.15, 0.2) is 12.5 Å². The van der Waals surface area contributed by atoms with Gasteiger partial charge in [0.2, 0.25) is 29.5 Å². The molecule has 1 aromatic heterocycles. The van der Waals surface area contributed by atoms with Crippen LogP contribution in [0, 0.1) is 5.92 Å². The zero-order valence-corrected chi connectivity index (χ0v) is 23.4. The molecule has 0 bridgehead atoms. The molecule has 2 aliphatic heterocycles. The minimum absolute atomic E-state index is 0.00261. The highest BCUT2D eigenvalue weighted by Crippen LogP contribution is 2.21. The van der Waals surface area contributed by atoms with Crippen LogP contribution in [0.4, 0.5) is 0 Å². The Bertz CT molecular complexity index is 1130. The summed E-state index contributed by atoms with van der Waals surface area (Å²) in [4.78, 5) is 85.7. The lowest BCUT2D eigenvalue weighted by Crippen LogP contribution is -2.59. The molecule has 15 nitrogen and oxygen atoms in total. The van der Waals surface area contributed by atoms with Gasteiger partial charge in [0.25, 0.3) is 0 Å². The van der Waals surface area contributed by atoms with Gasteiger partial charge in [0.05, 0.1) is 24.5 Å². The van der Waals surface area contributed by atoms with Crippen LogP contribution in [-0.4, -0.2) is 104 Å². The molecule has 3 rings (SSSR count). The number of hydrogen-bond acceptors (Lipinski definition) is 8. The maximum absolute atomic E-state index is 13.6. The summed E-state index contributed by atoms with van der Waals surface area (Å²) < 4.78 is 0. The Hall–Kier alpha value is -4.01. The first-order valence-electron chi connectivity index (χ1n) is 13.8. The molecule has 0 spiro atoms. The summed E-state index contributed by atoms with van der Waals surface area (Å²) >= 11 is 0. The molecule has 226 valence electrons. The number of nitrogens with zero attached hydrogens (tertiary/aromatic N) is 3. The Labute approximate surface area is 237 Å². The number of hydrogen-bond donors (Lipinski definition) is 6. The van der Waals surface area contributed by atoms with Crippen LogP contribution in [-0.2, 0) is 35.2 Å². The third kappa shape index (κ3) is 8.25. The molecular weight excluding hydrogens is 536 g/mol. The van der Waals surface area contributed by atoms with Crippen molar-refractivity contribution < 1.29 is 33.9 Å². The summed E-state index contributed by atoms with van der Waals surface area (Å²) in [7, 11) is 0. The van der Waals surface area contributed by atoms with Crippen molar-refractivity contribution in [3.8, 4) is 0 Å². The Morgan fingerprint density at radius 1 is 1.02 bits per heavy atom. The fourth-order valence-corrected chi connectivity index (χ4v) is 5.36. The molecule has 15 heteroatoms. The maximum Gasteiger partial charge on any atom is 0.326 e. The number of carboxylic acid groups (broad SMARTS) is 1. The highest BCUT2D eigenvalue weighted by Gasteiger charge is 2.40. The van der Waals surface area contributed by atoms with Gasteiger partial charge in [-0.3, -0.25) is 24.0 Å². The molecule has 0 radical (unpaired) electrons. The number of nitrogens with one attached hydrogen (secondary N) is 3. The van der Waals surface area contributed by atoms with Crippen molar-refractivity contribution in [1.29, 1.82) is 0 Å². The molecule has 0 aliphatic carbocycles. The van der Waals surface area contributed by atoms with E-state index in [0.717, 1.165) is 0 Å². The average Bonchev–Trinajstić information content (AvgIpc) is 3.68. The van der Waals surface area contributed by atoms with Crippen LogP contribution in [0.5, 0.6) is 0 Å². The van der Waals surface area contributed by atoms with Crippen LogP contribution in [0.1, 0.15) is 58.1 Å². The van der Waals surface area contributed by atoms with Crippen LogP contribution < -0.4 is 22.1 Å². The number of nitrogens with two attached hydrogens (primary N) is 2. The Morgan fingerprint density at radius 2 is 1.66 bits per heavy atom. The second-order valence-corrected chi connectivity index (χ2v) is 11.0. The van der Waals surface area contributed by atoms with Crippen LogP contribution in [0.25, 0.3) is 0 Å². The predicted molar refractivity (Wildman–Crippen MR) is 145 cm³/mol. The molecule has 2 saturated heterocycles. The van der Waals surface area contributed by atoms with Gasteiger partial charge in [0.15, 0.2) is 0 Å². The third-order valence-electron chi connectivity index (χ3n) is 7.32. The van der Waals surface area contributed by atoms with Crippen LogP contribution >= 0.6 is 0 Å². The van der Waals surface area contributed by atoms with Gasteiger partial charge in [-0.15, -0.1) is 0 Å². The number of aromatic nitrogens is 2. The number of primary amides is 1. The Morgan fingerprint density at radius 3 is 2.22 bits per heavy atom. The molecule has 0 saturated carbocycles. The van der Waals surface area contributed by atoms with Gasteiger partial charge in [-0.05, 0) is 38.0 Å². The van der Waals surface area contributed by atoms with E-state index >= 15 is 0 Å². The van der Waals surface area contributed by atoms with Crippen LogP contribution in [0.2, 0.25) is 0 Å². The zero-order chi connectivity index (χ0) is 30.3. The number of likely N-dealkylation sites (tertiary alicyclic amines) is 2. The highest BCUT2D eigenvalue weighted by molar-refractivity contribution is 5.96. The molecule has 5 atom stereocenters. The first kappa shape index (κ1) is 31.5. The van der Waals surface area contributed by atoms with Crippen molar-refractivity contribution in [3.63, 3.8) is 0 Å². The summed E-state index contributed by atoms with van der Waals surface area (Å²) in [5.74, 6) is -4.15. The smallest absolute Gasteiger partial charge is 0.326 e. The Kier molecular flexibility index (Phi) is 10.8. The van der Waals surface area contributed by atoms with E-state index in [1.165, 1.54) is 16.1 Å². The van der Waals surface area contributed by atoms with Gasteiger partial charge in [-0.2, -0.15) is 0 Å². The topological polar surface area (TPSA) is 234 Å². The lowest BCUT2D eigenvalue weighted by molar-refractivity contribution is -0.149. The van der Waals surface area contributed by atoms with E-state index in [1.807, 2.05) is 13.8 Å². The summed E-state index contributed by atoms with van der Waals surface area (Å²) in [5, 5.41) is 15.0. The van der Waals surface area contributed by atoms with Crippen LogP contribution in [0.3, 0.4) is 0 Å². The monoisotopic (exact) mass is 576 g/mol. The van der Waals surface area contributed by atoms with Gasteiger partial charge >= 0.3 is 5.97 Å². The maximum atomic E-state index is 13.6. The number of imidazole rings is 1. The van der Waals surface area contributed by atoms with E-state index in [9.17, 15) is 33.9 Å². The normalized spacial score (nSPS) is 20.9. The lowest BCUT2D eigenvalue weighted by atomic mass is 10.0. The highest BCUT2D eigenvalue weighted by atomic mass is 16.4. The molecule has 0 unspecified atom stereocenters. The van der Waals surface area contributed by atoms with E-state index in [1.54, 1.807) is 6.20 Å². The SMILES string of the molecule is CC(C)C[C@H](NC(=O)[C@H](Cc1c[nH]cn1)NC(=O)[C@@H]1CCCN1C(=O)[C@@H](N)CC(N)=O)C(=O)N1CCC[C@H]1C(=O)O. The average molecular weight is 577 g/mol. The lowest BCUT2D eigenvalue weighted by Gasteiger charge is -2.30. The first-order chi connectivity index (χ1) is 19.4. The number of carbonyl (C=O) groups excluding carboxylic acids is 5. The van der Waals surface area contributed by atoms with Crippen molar-refractivity contribution in [2.75, 3.05) is 13.1 Å². The number of carbonyl (C=O) groups is 6. The van der Waals surface area contributed by atoms with Gasteiger partial charge < -0.3 is 42.0 Å². The van der Waals surface area contributed by atoms with E-state index in [4.69, 9.17) is 11.5 Å². The van der Waals surface area contributed by atoms with Crippen molar-refractivity contribution >= 4 is 35.5 Å². The fourth-order valence-electron chi connectivity index (χ4n) is 5.36. The first-order valence-corrected chi connectivity index (χ1v) is 13.8. The number of H-pyrrole nitrogens is 1. The molecule has 5 amide bonds.